The van der Waals surface area contributed by atoms with Gasteiger partial charge in [0.15, 0.2) is 11.8 Å². The molecule has 4 saturated heterocycles. The Morgan fingerprint density at radius 1 is 0.983 bits per heavy atom. The number of ether oxygens (including phenoxy) is 5. The summed E-state index contributed by atoms with van der Waals surface area (Å²) in [6.07, 6.45) is 6.66. The third kappa shape index (κ3) is 7.95. The third-order valence-electron chi connectivity index (χ3n) is 13.0. The maximum absolute atomic E-state index is 14.8. The Hall–Kier alpha value is -4.18. The van der Waals surface area contributed by atoms with Crippen LogP contribution in [0.2, 0.25) is 0 Å². The molecular weight excluding hydrogens is 759 g/mol. The third-order valence-corrected chi connectivity index (χ3v) is 13.0. The van der Waals surface area contributed by atoms with Crippen LogP contribution in [0.3, 0.4) is 0 Å². The van der Waals surface area contributed by atoms with Crippen molar-refractivity contribution in [1.82, 2.24) is 15.7 Å². The molecule has 4 heterocycles. The molecule has 4 aliphatic heterocycles. The first-order chi connectivity index (χ1) is 28.3. The molecule has 3 N–H and O–H groups in total. The van der Waals surface area contributed by atoms with Crippen LogP contribution in [-0.2, 0) is 67.1 Å². The van der Waals surface area contributed by atoms with Crippen LogP contribution in [0.5, 0.6) is 0 Å². The Bertz CT molecular complexity index is 1970. The number of fused-ring (bicyclic) bond motifs is 6. The van der Waals surface area contributed by atoms with Gasteiger partial charge in [0.25, 0.3) is 0 Å². The summed E-state index contributed by atoms with van der Waals surface area (Å²) < 4.78 is 30.9. The molecule has 9 rings (SSSR count). The second-order valence-corrected chi connectivity index (χ2v) is 18.3. The number of nitrogens with one attached hydrogen (secondary N) is 2. The number of esters is 2. The molecule has 3 aliphatic carbocycles. The number of epoxide rings is 1. The Morgan fingerprint density at radius 2 is 1.73 bits per heavy atom. The maximum atomic E-state index is 14.8. The van der Waals surface area contributed by atoms with Gasteiger partial charge in [0.05, 0.1) is 31.4 Å². The summed E-state index contributed by atoms with van der Waals surface area (Å²) in [5.41, 5.74) is 2.11. The quantitative estimate of drug-likeness (QED) is 0.199. The van der Waals surface area contributed by atoms with E-state index in [0.717, 1.165) is 41.5 Å². The minimum Gasteiger partial charge on any atom is -0.460 e. The molecule has 0 radical (unpaired) electrons. The Balaban J connectivity index is 0.932. The van der Waals surface area contributed by atoms with Gasteiger partial charge in [-0.15, -0.1) is 0 Å². The molecular formula is C45H55N3O11. The maximum Gasteiger partial charge on any atom is 0.327 e. The minimum atomic E-state index is -1.41. The van der Waals surface area contributed by atoms with Crippen LogP contribution in [0.4, 0.5) is 0 Å². The predicted octanol–water partition coefficient (Wildman–Crippen LogP) is 3.45. The van der Waals surface area contributed by atoms with Crippen molar-refractivity contribution in [3.05, 3.63) is 76.9 Å². The van der Waals surface area contributed by atoms with Crippen molar-refractivity contribution in [2.45, 2.75) is 145 Å². The SMILES string of the molecule is CC(C)(C)OC(=O)CC[C@@H](CO)NC(=O)CCNC(=O)[C@@]12C[C@H]3OC(=O)[C@@H]1N(Cc1ccccc1C=CC1CCC4OC4C1)O[C@@H]2[C@H]1OC2(Cc4ccccc4C2)O[C@H]13. The molecule has 2 aromatic rings. The zero-order chi connectivity index (χ0) is 41.1. The molecule has 6 fully saturated rings. The number of hydrogen-bond acceptors (Lipinski definition) is 12. The highest BCUT2D eigenvalue weighted by atomic mass is 16.8. The van der Waals surface area contributed by atoms with Crippen LogP contribution >= 0.6 is 0 Å². The van der Waals surface area contributed by atoms with Crippen molar-refractivity contribution in [2.75, 3.05) is 13.2 Å². The normalized spacial score (nSPS) is 32.8. The standard InChI is InChI=1S/C45H55N3O11/c1-43(2,3)56-36(51)17-15-31(25-49)47-35(50)18-19-46-42(53)45-23-34-37-38(58-44(57-37)21-28-9-5-6-10-29(28)22-44)40(45)59-48(39(45)41(52)55-34)24-30-11-7-4-8-27(30)14-12-26-13-16-32-33(20-26)54-32/h4-12,14,26,31-34,37-40,49H,13,15-25H2,1-3H3,(H,46,53)(H,47,50)/t26?,31-,32?,33?,34+,37-,38-,39-,40+,45-/m0/s1. The number of hydroxylamine groups is 2. The lowest BCUT2D eigenvalue weighted by molar-refractivity contribution is -0.217. The van der Waals surface area contributed by atoms with Crippen LogP contribution < -0.4 is 10.6 Å². The summed E-state index contributed by atoms with van der Waals surface area (Å²) in [6, 6.07) is 14.3. The number of allylic oxidation sites excluding steroid dienone is 1. The van der Waals surface area contributed by atoms with Crippen LogP contribution in [0, 0.1) is 11.3 Å². The van der Waals surface area contributed by atoms with Gasteiger partial charge >= 0.3 is 11.9 Å². The molecule has 7 aliphatic rings. The van der Waals surface area contributed by atoms with E-state index in [2.05, 4.69) is 34.9 Å². The summed E-state index contributed by atoms with van der Waals surface area (Å²) in [6.45, 7) is 5.12. The van der Waals surface area contributed by atoms with E-state index < -0.39 is 77.1 Å². The first kappa shape index (κ1) is 40.2. The largest absolute Gasteiger partial charge is 0.460 e. The molecule has 59 heavy (non-hydrogen) atoms. The van der Waals surface area contributed by atoms with Gasteiger partial charge in [-0.3, -0.25) is 24.0 Å². The molecule has 0 aromatic heterocycles. The number of carbonyl (C=O) groups excluding carboxylic acids is 4. The lowest BCUT2D eigenvalue weighted by Crippen LogP contribution is -2.69. The first-order valence-corrected chi connectivity index (χ1v) is 21.2. The zero-order valence-corrected chi connectivity index (χ0v) is 33.9. The second-order valence-electron chi connectivity index (χ2n) is 18.3. The molecule has 14 nitrogen and oxygen atoms in total. The van der Waals surface area contributed by atoms with Crippen molar-refractivity contribution in [3.8, 4) is 0 Å². The fraction of sp³-hybridized carbons (Fsp3) is 0.600. The number of aliphatic hydroxyl groups is 1. The Kier molecular flexibility index (Phi) is 10.7. The number of rotatable bonds is 13. The van der Waals surface area contributed by atoms with Crippen LogP contribution in [-0.4, -0.2) is 107 Å². The molecule has 10 atom stereocenters. The van der Waals surface area contributed by atoms with Crippen molar-refractivity contribution in [3.63, 3.8) is 0 Å². The van der Waals surface area contributed by atoms with Gasteiger partial charge in [0.1, 0.15) is 35.4 Å². The molecule has 3 unspecified atom stereocenters. The topological polar surface area (TPSA) is 174 Å². The van der Waals surface area contributed by atoms with E-state index in [-0.39, 0.29) is 45.4 Å². The van der Waals surface area contributed by atoms with Gasteiger partial charge in [-0.05, 0) is 74.6 Å². The zero-order valence-electron chi connectivity index (χ0n) is 33.9. The highest BCUT2D eigenvalue weighted by Crippen LogP contribution is 2.58. The fourth-order valence-corrected chi connectivity index (χ4v) is 10.3. The van der Waals surface area contributed by atoms with E-state index >= 15 is 0 Å². The van der Waals surface area contributed by atoms with E-state index in [4.69, 9.17) is 28.5 Å². The first-order valence-electron chi connectivity index (χ1n) is 21.2. The highest BCUT2D eigenvalue weighted by Gasteiger charge is 2.76. The van der Waals surface area contributed by atoms with Gasteiger partial charge in [-0.25, -0.2) is 0 Å². The van der Waals surface area contributed by atoms with Gasteiger partial charge in [0.2, 0.25) is 11.8 Å². The van der Waals surface area contributed by atoms with Gasteiger partial charge in [-0.1, -0.05) is 60.7 Å². The molecule has 14 heteroatoms. The lowest BCUT2D eigenvalue weighted by atomic mass is 9.62. The van der Waals surface area contributed by atoms with E-state index in [0.29, 0.717) is 31.0 Å². The number of hydrogen-bond donors (Lipinski definition) is 3. The number of aliphatic hydroxyl groups excluding tert-OH is 1. The van der Waals surface area contributed by atoms with E-state index in [1.54, 1.807) is 25.8 Å². The smallest absolute Gasteiger partial charge is 0.327 e. The minimum absolute atomic E-state index is 0.0252. The molecule has 2 bridgehead atoms. The number of benzene rings is 2. The molecule has 316 valence electrons. The molecule has 1 spiro atoms. The van der Waals surface area contributed by atoms with Crippen molar-refractivity contribution in [2.24, 2.45) is 11.3 Å². The van der Waals surface area contributed by atoms with Crippen LogP contribution in [0.15, 0.2) is 54.6 Å². The average molecular weight is 814 g/mol. The monoisotopic (exact) mass is 813 g/mol. The van der Waals surface area contributed by atoms with Crippen LogP contribution in [0.25, 0.3) is 6.08 Å². The van der Waals surface area contributed by atoms with Gasteiger partial charge in [0, 0.05) is 38.6 Å². The Labute approximate surface area is 344 Å². The van der Waals surface area contributed by atoms with Gasteiger partial charge < -0.3 is 39.4 Å². The second kappa shape index (κ2) is 15.7. The summed E-state index contributed by atoms with van der Waals surface area (Å²) >= 11 is 0. The molecule has 2 saturated carbocycles. The summed E-state index contributed by atoms with van der Waals surface area (Å²) in [5, 5.41) is 17.2. The number of carbonyl (C=O) groups is 4. The Morgan fingerprint density at radius 3 is 2.47 bits per heavy atom. The molecule has 2 amide bonds. The summed E-state index contributed by atoms with van der Waals surface area (Å²) in [4.78, 5) is 61.1. The molecule has 2 aromatic carbocycles. The van der Waals surface area contributed by atoms with Gasteiger partial charge in [-0.2, -0.15) is 5.06 Å². The van der Waals surface area contributed by atoms with Crippen LogP contribution in [0.1, 0.15) is 88.0 Å². The van der Waals surface area contributed by atoms with Crippen molar-refractivity contribution < 1.29 is 52.8 Å². The average Bonchev–Trinajstić information content (AvgIpc) is 3.54. The highest BCUT2D eigenvalue weighted by molar-refractivity contribution is 5.94. The fourth-order valence-electron chi connectivity index (χ4n) is 10.3. The summed E-state index contributed by atoms with van der Waals surface area (Å²) in [7, 11) is 0. The number of nitrogens with zero attached hydrogens (tertiary/aromatic N) is 1. The summed E-state index contributed by atoms with van der Waals surface area (Å²) in [5.74, 6) is -2.40. The van der Waals surface area contributed by atoms with Crippen molar-refractivity contribution in [1.29, 1.82) is 0 Å². The van der Waals surface area contributed by atoms with E-state index in [1.165, 1.54) is 0 Å². The number of amides is 2. The van der Waals surface area contributed by atoms with E-state index in [9.17, 15) is 24.3 Å². The van der Waals surface area contributed by atoms with E-state index in [1.807, 2.05) is 36.4 Å². The predicted molar refractivity (Wildman–Crippen MR) is 211 cm³/mol. The van der Waals surface area contributed by atoms with Crippen molar-refractivity contribution >= 4 is 29.8 Å². The lowest BCUT2D eigenvalue weighted by Gasteiger charge is -2.48.